The van der Waals surface area contributed by atoms with E-state index in [1.54, 1.807) is 0 Å². The molecule has 0 bridgehead atoms. The Bertz CT molecular complexity index is 469. The van der Waals surface area contributed by atoms with Crippen LogP contribution in [0.4, 0.5) is 0 Å². The number of carbonyl (C=O) groups is 1. The number of nitrogens with zero attached hydrogens (tertiary/aromatic N) is 3. The summed E-state index contributed by atoms with van der Waals surface area (Å²) in [6.07, 6.45) is 1.07. The molecule has 0 spiro atoms. The van der Waals surface area contributed by atoms with Crippen molar-refractivity contribution in [3.8, 4) is 6.07 Å². The first kappa shape index (κ1) is 11.8. The van der Waals surface area contributed by atoms with E-state index in [2.05, 4.69) is 4.79 Å². The molecule has 0 aliphatic rings. The van der Waals surface area contributed by atoms with E-state index in [0.717, 1.165) is 11.8 Å². The first-order chi connectivity index (χ1) is 7.62. The second-order valence-electron chi connectivity index (χ2n) is 3.72. The zero-order chi connectivity index (χ0) is 12.0. The Hall–Kier alpha value is -2.24. The molecule has 0 saturated carbocycles. The largest absolute Gasteiger partial charge is 0.361 e. The fourth-order valence-corrected chi connectivity index (χ4v) is 1.38. The van der Waals surface area contributed by atoms with E-state index in [1.807, 2.05) is 36.4 Å². The number of rotatable bonds is 4. The number of hydrogen-bond acceptors (Lipinski definition) is 2. The van der Waals surface area contributed by atoms with Crippen LogP contribution in [0.3, 0.4) is 0 Å². The molecule has 0 aliphatic carbocycles. The monoisotopic (exact) mass is 213 g/mol. The quantitative estimate of drug-likeness (QED) is 0.433. The molecule has 4 nitrogen and oxygen atoms in total. The number of hydrogen-bond donors (Lipinski definition) is 0. The van der Waals surface area contributed by atoms with E-state index in [9.17, 15) is 4.79 Å². The molecule has 0 heterocycles. The average Bonchev–Trinajstić information content (AvgIpc) is 2.30. The Morgan fingerprint density at radius 3 is 2.69 bits per heavy atom. The summed E-state index contributed by atoms with van der Waals surface area (Å²) in [6.45, 7) is 1.53. The Kier molecular flexibility index (Phi) is 3.71. The van der Waals surface area contributed by atoms with Crippen LogP contribution < -0.4 is 0 Å². The molecule has 1 atom stereocenters. The van der Waals surface area contributed by atoms with E-state index in [0.29, 0.717) is 6.42 Å². The van der Waals surface area contributed by atoms with Crippen molar-refractivity contribution in [2.45, 2.75) is 13.3 Å². The molecule has 0 aromatic heterocycles. The minimum atomic E-state index is -1.19. The number of nitriles is 1. The highest BCUT2D eigenvalue weighted by molar-refractivity contribution is 6.28. The van der Waals surface area contributed by atoms with Crippen LogP contribution in [0.25, 0.3) is 5.53 Å². The number of ketones is 1. The highest BCUT2D eigenvalue weighted by Crippen LogP contribution is 2.22. The third kappa shape index (κ3) is 2.63. The summed E-state index contributed by atoms with van der Waals surface area (Å²) in [6, 6.07) is 11.2. The molecule has 1 rings (SSSR count). The second kappa shape index (κ2) is 5.01. The molecule has 80 valence electrons. The van der Waals surface area contributed by atoms with Gasteiger partial charge >= 0.3 is 6.21 Å². The molecule has 1 aromatic carbocycles. The van der Waals surface area contributed by atoms with Crippen molar-refractivity contribution in [2.24, 2.45) is 5.41 Å². The van der Waals surface area contributed by atoms with Crippen LogP contribution in [-0.4, -0.2) is 16.8 Å². The second-order valence-corrected chi connectivity index (χ2v) is 3.72. The van der Waals surface area contributed by atoms with Gasteiger partial charge in [-0.1, -0.05) is 30.3 Å². The highest BCUT2D eigenvalue weighted by Gasteiger charge is 2.34. The predicted octanol–water partition coefficient (Wildman–Crippen LogP) is 1.63. The Morgan fingerprint density at radius 1 is 1.56 bits per heavy atom. The standard InChI is InChI=1S/C12H11N3O/c1-12(9-13,11(16)8-15-14)7-10-5-3-2-4-6-10/h2-6,8H,7H2,1H3/t12-/m0/s1. The van der Waals surface area contributed by atoms with Gasteiger partial charge in [0.1, 0.15) is 5.41 Å². The van der Waals surface area contributed by atoms with Crippen LogP contribution in [0.2, 0.25) is 0 Å². The van der Waals surface area contributed by atoms with Crippen LogP contribution >= 0.6 is 0 Å². The zero-order valence-electron chi connectivity index (χ0n) is 8.92. The van der Waals surface area contributed by atoms with E-state index in [1.165, 1.54) is 6.92 Å². The molecule has 16 heavy (non-hydrogen) atoms. The molecule has 0 radical (unpaired) electrons. The summed E-state index contributed by atoms with van der Waals surface area (Å²) in [7, 11) is 0. The lowest BCUT2D eigenvalue weighted by Crippen LogP contribution is -2.29. The molecular formula is C12H11N3O. The molecule has 0 aliphatic heterocycles. The maximum Gasteiger partial charge on any atom is 0.324 e. The molecule has 0 fully saturated rings. The van der Waals surface area contributed by atoms with Gasteiger partial charge in [0.25, 0.3) is 5.78 Å². The Balaban J connectivity index is 2.96. The van der Waals surface area contributed by atoms with Crippen molar-refractivity contribution in [2.75, 3.05) is 0 Å². The van der Waals surface area contributed by atoms with Crippen LogP contribution in [0, 0.1) is 16.7 Å². The first-order valence-electron chi connectivity index (χ1n) is 4.79. The van der Waals surface area contributed by atoms with Gasteiger partial charge in [-0.05, 0) is 18.9 Å². The molecule has 0 amide bonds. The van der Waals surface area contributed by atoms with Crippen molar-refractivity contribution in [3.63, 3.8) is 0 Å². The molecule has 1 aromatic rings. The Morgan fingerprint density at radius 2 is 2.19 bits per heavy atom. The summed E-state index contributed by atoms with van der Waals surface area (Å²) in [5.74, 6) is -0.499. The van der Waals surface area contributed by atoms with E-state index in [4.69, 9.17) is 10.8 Å². The minimum absolute atomic E-state index is 0.301. The molecular weight excluding hydrogens is 202 g/mol. The van der Waals surface area contributed by atoms with Gasteiger partial charge in [-0.15, -0.1) is 0 Å². The van der Waals surface area contributed by atoms with Gasteiger partial charge < -0.3 is 5.53 Å². The Labute approximate surface area is 93.8 Å². The van der Waals surface area contributed by atoms with E-state index >= 15 is 0 Å². The summed E-state index contributed by atoms with van der Waals surface area (Å²) in [4.78, 5) is 14.2. The lowest BCUT2D eigenvalue weighted by Gasteiger charge is -2.15. The van der Waals surface area contributed by atoms with Crippen molar-refractivity contribution in [1.29, 1.82) is 5.26 Å². The van der Waals surface area contributed by atoms with Crippen molar-refractivity contribution >= 4 is 12.0 Å². The van der Waals surface area contributed by atoms with Gasteiger partial charge in [-0.25, -0.2) is 0 Å². The van der Waals surface area contributed by atoms with Crippen LogP contribution in [0.5, 0.6) is 0 Å². The summed E-state index contributed by atoms with van der Waals surface area (Å²) in [5, 5.41) is 9.03. The first-order valence-corrected chi connectivity index (χ1v) is 4.79. The number of Topliss-reactive ketones (excluding diaryl/α,β-unsaturated/α-hetero) is 1. The van der Waals surface area contributed by atoms with Crippen molar-refractivity contribution < 1.29 is 9.58 Å². The molecule has 0 N–H and O–H groups in total. The SMILES string of the molecule is C[C@@](C#N)(Cc1ccccc1)C(=O)C=[N+]=[N-]. The fraction of sp³-hybridized carbons (Fsp3) is 0.250. The lowest BCUT2D eigenvalue weighted by atomic mass is 9.81. The third-order valence-electron chi connectivity index (χ3n) is 2.37. The normalized spacial score (nSPS) is 13.0. The van der Waals surface area contributed by atoms with Gasteiger partial charge in [-0.2, -0.15) is 10.1 Å². The van der Waals surface area contributed by atoms with E-state index < -0.39 is 11.2 Å². The van der Waals surface area contributed by atoms with Gasteiger partial charge in [0.05, 0.1) is 6.07 Å². The van der Waals surface area contributed by atoms with Crippen molar-refractivity contribution in [3.05, 3.63) is 41.4 Å². The van der Waals surface area contributed by atoms with Crippen LogP contribution in [-0.2, 0) is 11.2 Å². The van der Waals surface area contributed by atoms with Crippen LogP contribution in [0.15, 0.2) is 30.3 Å². The lowest BCUT2D eigenvalue weighted by molar-refractivity contribution is -0.121. The number of carbonyl (C=O) groups excluding carboxylic acids is 1. The van der Waals surface area contributed by atoms with Crippen molar-refractivity contribution in [1.82, 2.24) is 0 Å². The summed E-state index contributed by atoms with van der Waals surface area (Å²) in [5.41, 5.74) is 8.01. The fourth-order valence-electron chi connectivity index (χ4n) is 1.38. The van der Waals surface area contributed by atoms with Gasteiger partial charge in [0, 0.05) is 0 Å². The average molecular weight is 213 g/mol. The molecule has 0 unspecified atom stereocenters. The summed E-state index contributed by atoms with van der Waals surface area (Å²) < 4.78 is 0. The number of benzene rings is 1. The van der Waals surface area contributed by atoms with E-state index in [-0.39, 0.29) is 0 Å². The summed E-state index contributed by atoms with van der Waals surface area (Å²) >= 11 is 0. The maximum atomic E-state index is 11.6. The topological polar surface area (TPSA) is 77.3 Å². The van der Waals surface area contributed by atoms with Gasteiger partial charge in [0.2, 0.25) is 0 Å². The van der Waals surface area contributed by atoms with Gasteiger partial charge in [0.15, 0.2) is 0 Å². The zero-order valence-corrected chi connectivity index (χ0v) is 8.92. The van der Waals surface area contributed by atoms with Gasteiger partial charge in [-0.3, -0.25) is 4.79 Å². The molecule has 4 heteroatoms. The predicted molar refractivity (Wildman–Crippen MR) is 58.6 cm³/mol. The smallest absolute Gasteiger partial charge is 0.324 e. The minimum Gasteiger partial charge on any atom is -0.361 e. The highest BCUT2D eigenvalue weighted by atomic mass is 16.1. The maximum absolute atomic E-state index is 11.6. The third-order valence-corrected chi connectivity index (χ3v) is 2.37. The molecule has 0 saturated heterocycles. The van der Waals surface area contributed by atoms with Crippen LogP contribution in [0.1, 0.15) is 12.5 Å².